The topological polar surface area (TPSA) is 59.2 Å². The minimum atomic E-state index is 0.159. The summed E-state index contributed by atoms with van der Waals surface area (Å²) in [6.07, 6.45) is 0.552. The van der Waals surface area contributed by atoms with E-state index in [0.29, 0.717) is 13.0 Å². The molecule has 1 aliphatic rings. The first-order valence-electron chi connectivity index (χ1n) is 6.70. The number of rotatable bonds is 3. The van der Waals surface area contributed by atoms with Crippen LogP contribution in [-0.2, 0) is 4.79 Å². The van der Waals surface area contributed by atoms with E-state index in [-0.39, 0.29) is 11.8 Å². The number of nitrogens with two attached hydrogens (primary N) is 1. The minimum Gasteiger partial charge on any atom is -0.330 e. The first-order valence-corrected chi connectivity index (χ1v) is 7.58. The molecule has 1 aromatic carbocycles. The Kier molecular flexibility index (Phi) is 3.54. The molecule has 4 nitrogen and oxygen atoms in total. The average Bonchev–Trinajstić information content (AvgIpc) is 3.05. The van der Waals surface area contributed by atoms with Crippen molar-refractivity contribution >= 4 is 22.9 Å². The fourth-order valence-corrected chi connectivity index (χ4v) is 3.14. The van der Waals surface area contributed by atoms with Gasteiger partial charge in [-0.25, -0.2) is 4.98 Å². The van der Waals surface area contributed by atoms with E-state index in [9.17, 15) is 4.79 Å². The number of aromatic nitrogens is 1. The van der Waals surface area contributed by atoms with Gasteiger partial charge in [0.1, 0.15) is 0 Å². The number of benzene rings is 1. The summed E-state index contributed by atoms with van der Waals surface area (Å²) in [5.41, 5.74) is 8.63. The fraction of sp³-hybridized carbons (Fsp3) is 0.333. The number of carbonyl (C=O) groups is 1. The van der Waals surface area contributed by atoms with Crippen LogP contribution in [0.5, 0.6) is 0 Å². The molecule has 3 rings (SSSR count). The molecule has 1 saturated heterocycles. The second-order valence-electron chi connectivity index (χ2n) is 5.11. The van der Waals surface area contributed by atoms with Crippen LogP contribution in [0.3, 0.4) is 0 Å². The largest absolute Gasteiger partial charge is 0.330 e. The molecule has 1 aliphatic heterocycles. The van der Waals surface area contributed by atoms with Crippen molar-refractivity contribution in [3.63, 3.8) is 0 Å². The fourth-order valence-electron chi connectivity index (χ4n) is 2.52. The molecule has 0 spiro atoms. The lowest BCUT2D eigenvalue weighted by atomic mass is 10.1. The summed E-state index contributed by atoms with van der Waals surface area (Å²) in [7, 11) is 0. The standard InChI is InChI=1S/C15H17N3OS/c1-10-17-14(9-20-10)12-3-2-4-13(6-12)18-8-11(7-16)5-15(18)19/h2-4,6,9,11H,5,7-8,16H2,1H3. The Hall–Kier alpha value is -1.72. The first-order chi connectivity index (χ1) is 9.67. The zero-order valence-corrected chi connectivity index (χ0v) is 12.2. The molecule has 1 amide bonds. The Morgan fingerprint density at radius 2 is 2.35 bits per heavy atom. The molecule has 2 aromatic rings. The van der Waals surface area contributed by atoms with Crippen molar-refractivity contribution in [1.29, 1.82) is 0 Å². The predicted octanol–water partition coefficient (Wildman–Crippen LogP) is 2.43. The van der Waals surface area contributed by atoms with Gasteiger partial charge in [0.05, 0.1) is 10.7 Å². The van der Waals surface area contributed by atoms with E-state index in [0.717, 1.165) is 28.5 Å². The second-order valence-corrected chi connectivity index (χ2v) is 6.17. The third-order valence-corrected chi connectivity index (χ3v) is 4.38. The molecule has 1 atom stereocenters. The Labute approximate surface area is 122 Å². The Morgan fingerprint density at radius 1 is 1.50 bits per heavy atom. The molecule has 104 valence electrons. The van der Waals surface area contributed by atoms with E-state index in [2.05, 4.69) is 4.98 Å². The average molecular weight is 287 g/mol. The van der Waals surface area contributed by atoms with E-state index >= 15 is 0 Å². The highest BCUT2D eigenvalue weighted by molar-refractivity contribution is 7.09. The molecule has 0 radical (unpaired) electrons. The molecule has 20 heavy (non-hydrogen) atoms. The van der Waals surface area contributed by atoms with Crippen LogP contribution in [0.15, 0.2) is 29.6 Å². The van der Waals surface area contributed by atoms with Gasteiger partial charge in [-0.1, -0.05) is 12.1 Å². The van der Waals surface area contributed by atoms with Crippen molar-refractivity contribution in [3.8, 4) is 11.3 Å². The van der Waals surface area contributed by atoms with Crippen molar-refractivity contribution in [2.24, 2.45) is 11.7 Å². The van der Waals surface area contributed by atoms with Crippen LogP contribution >= 0.6 is 11.3 Å². The summed E-state index contributed by atoms with van der Waals surface area (Å²) in [6, 6.07) is 8.01. The molecule has 2 N–H and O–H groups in total. The lowest BCUT2D eigenvalue weighted by molar-refractivity contribution is -0.117. The number of hydrogen-bond donors (Lipinski definition) is 1. The summed E-state index contributed by atoms with van der Waals surface area (Å²) in [6.45, 7) is 3.27. The summed E-state index contributed by atoms with van der Waals surface area (Å²) in [5, 5.41) is 3.09. The van der Waals surface area contributed by atoms with Gasteiger partial charge in [0.25, 0.3) is 0 Å². The van der Waals surface area contributed by atoms with E-state index < -0.39 is 0 Å². The van der Waals surface area contributed by atoms with Gasteiger partial charge in [-0.3, -0.25) is 4.79 Å². The van der Waals surface area contributed by atoms with Gasteiger partial charge in [0, 0.05) is 29.6 Å². The number of hydrogen-bond acceptors (Lipinski definition) is 4. The minimum absolute atomic E-state index is 0.159. The molecule has 2 heterocycles. The van der Waals surface area contributed by atoms with Crippen LogP contribution in [-0.4, -0.2) is 24.0 Å². The zero-order chi connectivity index (χ0) is 14.1. The normalized spacial score (nSPS) is 18.8. The maximum atomic E-state index is 12.1. The quantitative estimate of drug-likeness (QED) is 0.943. The van der Waals surface area contributed by atoms with Crippen LogP contribution in [0.2, 0.25) is 0 Å². The van der Waals surface area contributed by atoms with Crippen LogP contribution < -0.4 is 10.6 Å². The molecular formula is C15H17N3OS. The molecule has 5 heteroatoms. The van der Waals surface area contributed by atoms with Gasteiger partial charge in [-0.2, -0.15) is 0 Å². The summed E-state index contributed by atoms with van der Waals surface area (Å²) >= 11 is 1.63. The number of anilines is 1. The van der Waals surface area contributed by atoms with Crippen LogP contribution in [0.1, 0.15) is 11.4 Å². The number of aryl methyl sites for hydroxylation is 1. The maximum Gasteiger partial charge on any atom is 0.227 e. The number of nitrogens with zero attached hydrogens (tertiary/aromatic N) is 2. The van der Waals surface area contributed by atoms with Gasteiger partial charge in [-0.15, -0.1) is 11.3 Å². The molecule has 0 saturated carbocycles. The van der Waals surface area contributed by atoms with E-state index in [1.54, 1.807) is 11.3 Å². The van der Waals surface area contributed by atoms with Gasteiger partial charge in [0.2, 0.25) is 5.91 Å². The van der Waals surface area contributed by atoms with E-state index in [1.165, 1.54) is 0 Å². The SMILES string of the molecule is Cc1nc(-c2cccc(N3CC(CN)CC3=O)c2)cs1. The van der Waals surface area contributed by atoms with Crippen molar-refractivity contribution < 1.29 is 4.79 Å². The lowest BCUT2D eigenvalue weighted by Crippen LogP contribution is -2.25. The molecule has 0 bridgehead atoms. The van der Waals surface area contributed by atoms with Gasteiger partial charge >= 0.3 is 0 Å². The Morgan fingerprint density at radius 3 is 3.00 bits per heavy atom. The van der Waals surface area contributed by atoms with Crippen LogP contribution in [0.4, 0.5) is 5.69 Å². The Bertz CT molecular complexity index is 638. The predicted molar refractivity (Wildman–Crippen MR) is 81.8 cm³/mol. The molecule has 1 fully saturated rings. The Balaban J connectivity index is 1.90. The second kappa shape index (κ2) is 5.34. The third-order valence-electron chi connectivity index (χ3n) is 3.61. The van der Waals surface area contributed by atoms with Crippen molar-refractivity contribution in [2.45, 2.75) is 13.3 Å². The van der Waals surface area contributed by atoms with Crippen molar-refractivity contribution in [3.05, 3.63) is 34.7 Å². The zero-order valence-electron chi connectivity index (χ0n) is 11.4. The highest BCUT2D eigenvalue weighted by Crippen LogP contribution is 2.29. The van der Waals surface area contributed by atoms with Gasteiger partial charge in [0.15, 0.2) is 0 Å². The summed E-state index contributed by atoms with van der Waals surface area (Å²) < 4.78 is 0. The van der Waals surface area contributed by atoms with Crippen molar-refractivity contribution in [1.82, 2.24) is 4.98 Å². The number of carbonyl (C=O) groups excluding carboxylic acids is 1. The monoisotopic (exact) mass is 287 g/mol. The smallest absolute Gasteiger partial charge is 0.227 e. The summed E-state index contributed by atoms with van der Waals surface area (Å²) in [4.78, 5) is 18.4. The maximum absolute atomic E-state index is 12.1. The van der Waals surface area contributed by atoms with Crippen LogP contribution in [0, 0.1) is 12.8 Å². The highest BCUT2D eigenvalue weighted by atomic mass is 32.1. The van der Waals surface area contributed by atoms with E-state index in [4.69, 9.17) is 5.73 Å². The van der Waals surface area contributed by atoms with Gasteiger partial charge < -0.3 is 10.6 Å². The summed E-state index contributed by atoms with van der Waals surface area (Å²) in [5.74, 6) is 0.430. The lowest BCUT2D eigenvalue weighted by Gasteiger charge is -2.17. The number of thiazole rings is 1. The van der Waals surface area contributed by atoms with Crippen LogP contribution in [0.25, 0.3) is 11.3 Å². The van der Waals surface area contributed by atoms with E-state index in [1.807, 2.05) is 41.5 Å². The molecule has 1 aromatic heterocycles. The molecular weight excluding hydrogens is 270 g/mol. The number of amides is 1. The molecule has 0 aliphatic carbocycles. The molecule has 1 unspecified atom stereocenters. The highest BCUT2D eigenvalue weighted by Gasteiger charge is 2.29. The van der Waals surface area contributed by atoms with Gasteiger partial charge in [-0.05, 0) is 31.5 Å². The van der Waals surface area contributed by atoms with Crippen molar-refractivity contribution in [2.75, 3.05) is 18.0 Å². The third kappa shape index (κ3) is 2.46. The first kappa shape index (κ1) is 13.3.